The summed E-state index contributed by atoms with van der Waals surface area (Å²) in [7, 11) is -3.55. The van der Waals surface area contributed by atoms with Crippen molar-refractivity contribution in [2.75, 3.05) is 0 Å². The Balaban J connectivity index is 2.15. The Hall–Kier alpha value is 0.0400. The Morgan fingerprint density at radius 2 is 2.05 bits per heavy atom. The van der Waals surface area contributed by atoms with Crippen LogP contribution in [0.15, 0.2) is 26.9 Å². The number of hydrogen-bond acceptors (Lipinski definition) is 5. The lowest BCUT2D eigenvalue weighted by atomic mass is 10.5. The van der Waals surface area contributed by atoms with Crippen LogP contribution in [0.5, 0.6) is 0 Å². The number of sulfonamides is 1. The highest BCUT2D eigenvalue weighted by Gasteiger charge is 2.20. The van der Waals surface area contributed by atoms with Crippen LogP contribution in [0.2, 0.25) is 4.34 Å². The predicted octanol–water partition coefficient (Wildman–Crippen LogP) is 3.16. The highest BCUT2D eigenvalue weighted by atomic mass is 79.9. The van der Waals surface area contributed by atoms with Crippen molar-refractivity contribution in [2.24, 2.45) is 5.73 Å². The summed E-state index contributed by atoms with van der Waals surface area (Å²) < 4.78 is 28.1. The van der Waals surface area contributed by atoms with Crippen molar-refractivity contribution in [3.05, 3.63) is 36.1 Å². The number of thiophene rings is 2. The van der Waals surface area contributed by atoms with Crippen molar-refractivity contribution >= 4 is 60.2 Å². The van der Waals surface area contributed by atoms with Gasteiger partial charge in [-0.15, -0.1) is 22.7 Å². The Morgan fingerprint density at radius 3 is 2.58 bits per heavy atom. The van der Waals surface area contributed by atoms with E-state index in [9.17, 15) is 8.42 Å². The Labute approximate surface area is 132 Å². The van der Waals surface area contributed by atoms with Gasteiger partial charge >= 0.3 is 0 Å². The molecule has 0 aliphatic rings. The zero-order chi connectivity index (χ0) is 14.0. The van der Waals surface area contributed by atoms with Crippen LogP contribution in [-0.4, -0.2) is 8.42 Å². The van der Waals surface area contributed by atoms with Crippen molar-refractivity contribution in [3.63, 3.8) is 0 Å². The minimum absolute atomic E-state index is 0.222. The summed E-state index contributed by atoms with van der Waals surface area (Å²) in [5.74, 6) is 0. The van der Waals surface area contributed by atoms with Gasteiger partial charge in [0.15, 0.2) is 0 Å². The predicted molar refractivity (Wildman–Crippen MR) is 83.3 cm³/mol. The molecule has 2 rings (SSSR count). The first-order valence-corrected chi connectivity index (χ1v) is 9.43. The molecule has 0 unspecified atom stereocenters. The topological polar surface area (TPSA) is 72.2 Å². The molecule has 0 aliphatic heterocycles. The highest BCUT2D eigenvalue weighted by molar-refractivity contribution is 9.11. The molecule has 0 radical (unpaired) electrons. The minimum atomic E-state index is -3.55. The van der Waals surface area contributed by atoms with Crippen LogP contribution in [-0.2, 0) is 23.1 Å². The van der Waals surface area contributed by atoms with E-state index >= 15 is 0 Å². The van der Waals surface area contributed by atoms with Gasteiger partial charge in [0.1, 0.15) is 4.90 Å². The van der Waals surface area contributed by atoms with E-state index in [1.54, 1.807) is 18.2 Å². The van der Waals surface area contributed by atoms with Crippen LogP contribution in [0.1, 0.15) is 9.75 Å². The normalized spacial score (nSPS) is 11.9. The molecule has 3 N–H and O–H groups in total. The molecule has 19 heavy (non-hydrogen) atoms. The van der Waals surface area contributed by atoms with Crippen LogP contribution in [0.4, 0.5) is 0 Å². The van der Waals surface area contributed by atoms with Gasteiger partial charge in [-0.05, 0) is 34.1 Å². The third-order valence-electron chi connectivity index (χ3n) is 2.26. The summed E-state index contributed by atoms with van der Waals surface area (Å²) in [5, 5.41) is 0. The van der Waals surface area contributed by atoms with E-state index in [0.29, 0.717) is 14.7 Å². The van der Waals surface area contributed by atoms with Crippen LogP contribution >= 0.6 is 50.2 Å². The van der Waals surface area contributed by atoms with E-state index < -0.39 is 10.0 Å². The first-order valence-electron chi connectivity index (χ1n) is 5.14. The zero-order valence-electron chi connectivity index (χ0n) is 9.52. The van der Waals surface area contributed by atoms with E-state index in [1.165, 1.54) is 22.7 Å². The van der Waals surface area contributed by atoms with Gasteiger partial charge in [0, 0.05) is 22.8 Å². The summed E-state index contributed by atoms with van der Waals surface area (Å²) in [5.41, 5.74) is 5.50. The number of nitrogens with two attached hydrogens (primary N) is 1. The van der Waals surface area contributed by atoms with Gasteiger partial charge in [-0.2, -0.15) is 0 Å². The third kappa shape index (κ3) is 3.78. The smallest absolute Gasteiger partial charge is 0.242 e. The molecule has 2 aromatic heterocycles. The van der Waals surface area contributed by atoms with E-state index in [2.05, 4.69) is 20.7 Å². The van der Waals surface area contributed by atoms with E-state index in [4.69, 9.17) is 17.3 Å². The quantitative estimate of drug-likeness (QED) is 0.808. The molecule has 2 heterocycles. The van der Waals surface area contributed by atoms with Gasteiger partial charge in [0.05, 0.1) is 8.12 Å². The zero-order valence-corrected chi connectivity index (χ0v) is 14.3. The van der Waals surface area contributed by atoms with Crippen LogP contribution in [0, 0.1) is 0 Å². The summed E-state index contributed by atoms with van der Waals surface area (Å²) in [4.78, 5) is 1.89. The van der Waals surface area contributed by atoms with Crippen molar-refractivity contribution in [3.8, 4) is 0 Å². The third-order valence-corrected chi connectivity index (χ3v) is 7.17. The lowest BCUT2D eigenvalue weighted by Crippen LogP contribution is -2.22. The number of halogens is 2. The van der Waals surface area contributed by atoms with Crippen LogP contribution in [0.3, 0.4) is 0 Å². The molecule has 0 saturated carbocycles. The largest absolute Gasteiger partial charge is 0.326 e. The van der Waals surface area contributed by atoms with Gasteiger partial charge in [-0.3, -0.25) is 0 Å². The average molecular weight is 402 g/mol. The van der Waals surface area contributed by atoms with Gasteiger partial charge in [0.25, 0.3) is 0 Å². The second kappa shape index (κ2) is 6.21. The summed E-state index contributed by atoms with van der Waals surface area (Å²) in [6, 6.07) is 5.12. The Kier molecular flexibility index (Phi) is 5.04. The SMILES string of the molecule is NCc1cc(S(=O)(=O)NCc2ccc(Cl)s2)c(Br)s1. The maximum absolute atomic E-state index is 12.2. The van der Waals surface area contributed by atoms with Gasteiger partial charge in [-0.1, -0.05) is 11.6 Å². The van der Waals surface area contributed by atoms with Gasteiger partial charge in [0.2, 0.25) is 10.0 Å². The first-order chi connectivity index (χ1) is 8.92. The highest BCUT2D eigenvalue weighted by Crippen LogP contribution is 2.31. The molecule has 9 heteroatoms. The number of rotatable bonds is 5. The van der Waals surface area contributed by atoms with Gasteiger partial charge in [-0.25, -0.2) is 13.1 Å². The van der Waals surface area contributed by atoms with E-state index in [1.807, 2.05) is 0 Å². The van der Waals surface area contributed by atoms with E-state index in [0.717, 1.165) is 9.75 Å². The fraction of sp³-hybridized carbons (Fsp3) is 0.200. The van der Waals surface area contributed by atoms with E-state index in [-0.39, 0.29) is 11.4 Å². The average Bonchev–Trinajstić information content (AvgIpc) is 2.93. The molecule has 0 spiro atoms. The first kappa shape index (κ1) is 15.4. The molecule has 0 atom stereocenters. The molecule has 2 aromatic rings. The summed E-state index contributed by atoms with van der Waals surface area (Å²) in [6.45, 7) is 0.541. The second-order valence-corrected chi connectivity index (χ2v) is 9.57. The molecular formula is C10H10BrClN2O2S3. The number of hydrogen-bond donors (Lipinski definition) is 2. The minimum Gasteiger partial charge on any atom is -0.326 e. The van der Waals surface area contributed by atoms with Crippen molar-refractivity contribution < 1.29 is 8.42 Å². The molecule has 0 saturated heterocycles. The fourth-order valence-corrected chi connectivity index (χ4v) is 6.06. The molecule has 4 nitrogen and oxygen atoms in total. The second-order valence-electron chi connectivity index (χ2n) is 3.59. The van der Waals surface area contributed by atoms with Gasteiger partial charge < -0.3 is 5.73 Å². The van der Waals surface area contributed by atoms with Crippen molar-refractivity contribution in [2.45, 2.75) is 18.0 Å². The lowest BCUT2D eigenvalue weighted by molar-refractivity contribution is 0.581. The molecule has 0 aliphatic carbocycles. The van der Waals surface area contributed by atoms with Crippen LogP contribution < -0.4 is 10.5 Å². The summed E-state index contributed by atoms with van der Waals surface area (Å²) >= 11 is 11.7. The van der Waals surface area contributed by atoms with Crippen molar-refractivity contribution in [1.29, 1.82) is 0 Å². The molecule has 0 aromatic carbocycles. The monoisotopic (exact) mass is 400 g/mol. The lowest BCUT2D eigenvalue weighted by Gasteiger charge is -2.04. The molecule has 0 fully saturated rings. The molecule has 104 valence electrons. The number of nitrogens with one attached hydrogen (secondary N) is 1. The van der Waals surface area contributed by atoms with Crippen molar-refractivity contribution in [1.82, 2.24) is 4.72 Å². The standard InChI is InChI=1S/C10H10BrClN2O2S3/c11-10-8(3-7(4-13)18-10)19(15,16)14-5-6-1-2-9(12)17-6/h1-3,14H,4-5,13H2. The molecule has 0 bridgehead atoms. The summed E-state index contributed by atoms with van der Waals surface area (Å²) in [6.07, 6.45) is 0. The molecular weight excluding hydrogens is 392 g/mol. The van der Waals surface area contributed by atoms with Crippen LogP contribution in [0.25, 0.3) is 0 Å². The Bertz CT molecular complexity index is 681. The maximum atomic E-state index is 12.2. The fourth-order valence-electron chi connectivity index (χ4n) is 1.37. The Morgan fingerprint density at radius 1 is 1.32 bits per heavy atom. The maximum Gasteiger partial charge on any atom is 0.242 e. The molecule has 0 amide bonds.